The summed E-state index contributed by atoms with van der Waals surface area (Å²) >= 11 is 0. The van der Waals surface area contributed by atoms with Gasteiger partial charge in [-0.2, -0.15) is 0 Å². The predicted molar refractivity (Wildman–Crippen MR) is 132 cm³/mol. The summed E-state index contributed by atoms with van der Waals surface area (Å²) in [6, 6.07) is 14.2. The molecule has 2 heterocycles. The maximum absolute atomic E-state index is 13.2. The number of nitrogens with one attached hydrogen (secondary N) is 2. The molecule has 2 saturated heterocycles. The van der Waals surface area contributed by atoms with Gasteiger partial charge in [-0.25, -0.2) is 9.18 Å². The number of nitrogens with zero attached hydrogens (tertiary/aromatic N) is 1. The van der Waals surface area contributed by atoms with Crippen LogP contribution in [0.5, 0.6) is 0 Å². The smallest absolute Gasteiger partial charge is 0.319 e. The molecule has 3 aliphatic rings. The standard InChI is InChI=1S/C26H32FN3O2.ClH/c1-18(31)21-4-2-5-24(16-21)29-26(32)28-12-3-13-30-17-20-8-11-25(30)22(15-20)14-19-6-9-23(27)10-7-19;/h2,4-7,9-10,16,20,22,25H,3,8,11-15,17H2,1H3,(H2,28,29,32);1H/t20-,22+,25+;/m1./s1. The molecule has 0 spiro atoms. The molecule has 33 heavy (non-hydrogen) atoms. The largest absolute Gasteiger partial charge is 0.338 e. The van der Waals surface area contributed by atoms with Crippen LogP contribution in [0.1, 0.15) is 48.5 Å². The van der Waals surface area contributed by atoms with E-state index in [2.05, 4.69) is 15.5 Å². The van der Waals surface area contributed by atoms with Crippen LogP contribution in [0.2, 0.25) is 0 Å². The monoisotopic (exact) mass is 473 g/mol. The van der Waals surface area contributed by atoms with E-state index in [0.29, 0.717) is 29.8 Å². The number of hydrogen-bond donors (Lipinski definition) is 2. The second-order valence-electron chi connectivity index (χ2n) is 9.20. The first-order valence-electron chi connectivity index (χ1n) is 11.6. The molecule has 0 radical (unpaired) electrons. The normalized spacial score (nSPS) is 21.8. The molecule has 2 bridgehead atoms. The van der Waals surface area contributed by atoms with Crippen molar-refractivity contribution in [1.29, 1.82) is 0 Å². The van der Waals surface area contributed by atoms with Crippen LogP contribution in [0.25, 0.3) is 0 Å². The van der Waals surface area contributed by atoms with Gasteiger partial charge in [-0.05, 0) is 80.7 Å². The van der Waals surface area contributed by atoms with Crippen molar-refractivity contribution >= 4 is 29.9 Å². The number of benzene rings is 2. The van der Waals surface area contributed by atoms with Gasteiger partial charge in [-0.15, -0.1) is 12.4 Å². The van der Waals surface area contributed by atoms with Crippen LogP contribution in [0.4, 0.5) is 14.9 Å². The maximum atomic E-state index is 13.2. The first-order chi connectivity index (χ1) is 15.5. The fraction of sp³-hybridized carbons (Fsp3) is 0.462. The fourth-order valence-electron chi connectivity index (χ4n) is 5.33. The van der Waals surface area contributed by atoms with Crippen LogP contribution < -0.4 is 10.6 Å². The number of hydrogen-bond acceptors (Lipinski definition) is 3. The lowest BCUT2D eigenvalue weighted by molar-refractivity contribution is 0.000976. The summed E-state index contributed by atoms with van der Waals surface area (Å²) in [5.74, 6) is 1.17. The predicted octanol–water partition coefficient (Wildman–Crippen LogP) is 5.30. The number of rotatable bonds is 8. The highest BCUT2D eigenvalue weighted by molar-refractivity contribution is 5.96. The zero-order valence-electron chi connectivity index (χ0n) is 19.1. The van der Waals surface area contributed by atoms with Crippen molar-refractivity contribution in [3.8, 4) is 0 Å². The van der Waals surface area contributed by atoms with E-state index in [9.17, 15) is 14.0 Å². The van der Waals surface area contributed by atoms with E-state index in [1.54, 1.807) is 36.4 Å². The summed E-state index contributed by atoms with van der Waals surface area (Å²) in [7, 11) is 0. The van der Waals surface area contributed by atoms with E-state index in [1.165, 1.54) is 31.7 Å². The van der Waals surface area contributed by atoms with Gasteiger partial charge in [0.05, 0.1) is 0 Å². The molecule has 1 saturated carbocycles. The molecule has 178 valence electrons. The highest BCUT2D eigenvalue weighted by Crippen LogP contribution is 2.40. The average Bonchev–Trinajstić information content (AvgIpc) is 2.79. The molecule has 2 N–H and O–H groups in total. The molecule has 3 fully saturated rings. The quantitative estimate of drug-likeness (QED) is 0.403. The number of piperidine rings is 2. The number of halogens is 2. The van der Waals surface area contributed by atoms with Gasteiger partial charge in [0.15, 0.2) is 5.78 Å². The Kier molecular flexibility index (Phi) is 8.87. The first kappa shape index (κ1) is 25.2. The van der Waals surface area contributed by atoms with Gasteiger partial charge in [0.1, 0.15) is 5.82 Å². The molecule has 5 nitrogen and oxygen atoms in total. The molecule has 2 aliphatic heterocycles. The molecular formula is C26H33ClFN3O2. The summed E-state index contributed by atoms with van der Waals surface area (Å²) in [6.07, 6.45) is 5.71. The van der Waals surface area contributed by atoms with Crippen LogP contribution in [-0.4, -0.2) is 42.4 Å². The molecule has 5 rings (SSSR count). The molecule has 1 aliphatic carbocycles. The van der Waals surface area contributed by atoms with Crippen molar-refractivity contribution in [2.75, 3.05) is 25.0 Å². The number of carbonyl (C=O) groups excluding carboxylic acids is 2. The molecule has 2 amide bonds. The number of fused-ring (bicyclic) bond motifs is 3. The van der Waals surface area contributed by atoms with Crippen molar-refractivity contribution in [2.24, 2.45) is 11.8 Å². The molecule has 0 aromatic heterocycles. The van der Waals surface area contributed by atoms with Gasteiger partial charge in [0.2, 0.25) is 0 Å². The van der Waals surface area contributed by atoms with E-state index in [1.807, 2.05) is 12.1 Å². The Morgan fingerprint density at radius 1 is 1.12 bits per heavy atom. The molecule has 3 atom stereocenters. The number of anilines is 1. The number of amides is 2. The molecular weight excluding hydrogens is 441 g/mol. The van der Waals surface area contributed by atoms with Gasteiger partial charge in [-0.1, -0.05) is 24.3 Å². The van der Waals surface area contributed by atoms with Crippen molar-refractivity contribution in [2.45, 2.75) is 45.1 Å². The van der Waals surface area contributed by atoms with E-state index in [4.69, 9.17) is 0 Å². The number of Topliss-reactive ketones (excluding diaryl/α,β-unsaturated/α-hetero) is 1. The van der Waals surface area contributed by atoms with Crippen molar-refractivity contribution < 1.29 is 14.0 Å². The highest BCUT2D eigenvalue weighted by Gasteiger charge is 2.40. The van der Waals surface area contributed by atoms with E-state index >= 15 is 0 Å². The van der Waals surface area contributed by atoms with E-state index in [-0.39, 0.29) is 30.0 Å². The zero-order valence-corrected chi connectivity index (χ0v) is 19.9. The summed E-state index contributed by atoms with van der Waals surface area (Å²) in [6.45, 7) is 4.24. The van der Waals surface area contributed by atoms with Gasteiger partial charge >= 0.3 is 6.03 Å². The second kappa shape index (κ2) is 11.6. The first-order valence-corrected chi connectivity index (χ1v) is 11.6. The summed E-state index contributed by atoms with van der Waals surface area (Å²) < 4.78 is 13.2. The number of carbonyl (C=O) groups is 2. The number of urea groups is 1. The average molecular weight is 474 g/mol. The van der Waals surface area contributed by atoms with Crippen LogP contribution >= 0.6 is 12.4 Å². The Labute approximate surface area is 201 Å². The Bertz CT molecular complexity index is 953. The molecule has 7 heteroatoms. The highest BCUT2D eigenvalue weighted by atomic mass is 35.5. The van der Waals surface area contributed by atoms with Crippen molar-refractivity contribution in [3.05, 3.63) is 65.5 Å². The second-order valence-corrected chi connectivity index (χ2v) is 9.20. The molecule has 0 unspecified atom stereocenters. The molecule has 2 aromatic rings. The SMILES string of the molecule is CC(=O)c1cccc(NC(=O)NCCCN2C[C@@H]3CC[C@H]2[C@@H](Cc2ccc(F)cc2)C3)c1.Cl. The minimum Gasteiger partial charge on any atom is -0.338 e. The Hall–Kier alpha value is -2.44. The van der Waals surface area contributed by atoms with Gasteiger partial charge in [0.25, 0.3) is 0 Å². The Morgan fingerprint density at radius 3 is 2.64 bits per heavy atom. The maximum Gasteiger partial charge on any atom is 0.319 e. The molecule has 2 aromatic carbocycles. The Morgan fingerprint density at radius 2 is 1.91 bits per heavy atom. The topological polar surface area (TPSA) is 61.4 Å². The summed E-state index contributed by atoms with van der Waals surface area (Å²) in [5.41, 5.74) is 2.42. The van der Waals surface area contributed by atoms with Crippen LogP contribution in [0, 0.1) is 17.7 Å². The van der Waals surface area contributed by atoms with Gasteiger partial charge in [-0.3, -0.25) is 9.69 Å². The minimum absolute atomic E-state index is 0. The van der Waals surface area contributed by atoms with Gasteiger partial charge < -0.3 is 10.6 Å². The Balaban J connectivity index is 0.00000306. The van der Waals surface area contributed by atoms with E-state index in [0.717, 1.165) is 31.8 Å². The van der Waals surface area contributed by atoms with Crippen molar-refractivity contribution in [3.63, 3.8) is 0 Å². The lowest BCUT2D eigenvalue weighted by Gasteiger charge is -2.50. The van der Waals surface area contributed by atoms with Crippen LogP contribution in [-0.2, 0) is 6.42 Å². The van der Waals surface area contributed by atoms with E-state index < -0.39 is 0 Å². The van der Waals surface area contributed by atoms with Gasteiger partial charge in [0, 0.05) is 36.9 Å². The fourth-order valence-corrected chi connectivity index (χ4v) is 5.33. The third kappa shape index (κ3) is 6.78. The minimum atomic E-state index is -0.250. The summed E-state index contributed by atoms with van der Waals surface area (Å²) in [5, 5.41) is 5.72. The zero-order chi connectivity index (χ0) is 22.5. The van der Waals surface area contributed by atoms with Crippen LogP contribution in [0.15, 0.2) is 48.5 Å². The van der Waals surface area contributed by atoms with Crippen molar-refractivity contribution in [1.82, 2.24) is 10.2 Å². The number of ketones is 1. The summed E-state index contributed by atoms with van der Waals surface area (Å²) in [4.78, 5) is 26.3. The lowest BCUT2D eigenvalue weighted by Crippen LogP contribution is -2.54. The third-order valence-corrected chi connectivity index (χ3v) is 6.86. The van der Waals surface area contributed by atoms with Crippen LogP contribution in [0.3, 0.4) is 0 Å². The lowest BCUT2D eigenvalue weighted by atomic mass is 9.70. The third-order valence-electron chi connectivity index (χ3n) is 6.86.